The van der Waals surface area contributed by atoms with Gasteiger partial charge >= 0.3 is 0 Å². The molecule has 0 aliphatic carbocycles. The van der Waals surface area contributed by atoms with E-state index in [4.69, 9.17) is 5.21 Å². The van der Waals surface area contributed by atoms with Crippen molar-refractivity contribution in [3.63, 3.8) is 0 Å². The predicted octanol–water partition coefficient (Wildman–Crippen LogP) is 1.40. The van der Waals surface area contributed by atoms with E-state index in [-0.39, 0.29) is 12.3 Å². The highest BCUT2D eigenvalue weighted by molar-refractivity contribution is 5.77. The number of nitrogens with zero attached hydrogens (tertiary/aromatic N) is 2. The lowest BCUT2D eigenvalue weighted by Crippen LogP contribution is -2.48. The number of nitrogens with one attached hydrogen (secondary N) is 1. The van der Waals surface area contributed by atoms with Crippen molar-refractivity contribution in [3.8, 4) is 0 Å². The van der Waals surface area contributed by atoms with Crippen molar-refractivity contribution >= 4 is 17.5 Å². The van der Waals surface area contributed by atoms with Crippen LogP contribution >= 0.6 is 0 Å². The summed E-state index contributed by atoms with van der Waals surface area (Å²) in [5, 5.41) is 8.39. The fraction of sp³-hybridized carbons (Fsp3) is 0.500. The van der Waals surface area contributed by atoms with Gasteiger partial charge in [0.05, 0.1) is 0 Å². The van der Waals surface area contributed by atoms with Gasteiger partial charge in [0, 0.05) is 44.7 Å². The van der Waals surface area contributed by atoms with Crippen LogP contribution in [0.3, 0.4) is 0 Å². The van der Waals surface area contributed by atoms with Crippen LogP contribution in [0.4, 0.5) is 5.69 Å². The van der Waals surface area contributed by atoms with Crippen molar-refractivity contribution in [2.24, 2.45) is 0 Å². The van der Waals surface area contributed by atoms with E-state index in [0.29, 0.717) is 19.3 Å². The molecule has 6 nitrogen and oxygen atoms in total. The van der Waals surface area contributed by atoms with Gasteiger partial charge in [0.15, 0.2) is 0 Å². The molecule has 0 saturated carbocycles. The van der Waals surface area contributed by atoms with E-state index in [1.165, 1.54) is 5.69 Å². The summed E-state index contributed by atoms with van der Waals surface area (Å²) in [5.74, 6) is -0.249. The van der Waals surface area contributed by atoms with Crippen LogP contribution < -0.4 is 10.4 Å². The Labute approximate surface area is 130 Å². The molecular formula is C16H23N3O3. The van der Waals surface area contributed by atoms with E-state index in [0.717, 1.165) is 26.2 Å². The lowest BCUT2D eigenvalue weighted by atomic mass is 10.1. The molecule has 1 aliphatic rings. The minimum absolute atomic E-state index is 0.150. The summed E-state index contributed by atoms with van der Waals surface area (Å²) >= 11 is 0. The number of carbonyl (C=O) groups excluding carboxylic acids is 2. The Morgan fingerprint density at radius 2 is 1.64 bits per heavy atom. The average Bonchev–Trinajstić information content (AvgIpc) is 2.59. The molecule has 1 fully saturated rings. The van der Waals surface area contributed by atoms with Crippen LogP contribution in [0.2, 0.25) is 0 Å². The highest BCUT2D eigenvalue weighted by Crippen LogP contribution is 2.16. The zero-order chi connectivity index (χ0) is 15.8. The summed E-state index contributed by atoms with van der Waals surface area (Å²) in [6.07, 6.45) is 2.00. The lowest BCUT2D eigenvalue weighted by Gasteiger charge is -2.36. The molecule has 0 bridgehead atoms. The molecule has 0 unspecified atom stereocenters. The first-order valence-electron chi connectivity index (χ1n) is 7.71. The van der Waals surface area contributed by atoms with Crippen molar-refractivity contribution in [2.75, 3.05) is 31.1 Å². The third kappa shape index (κ3) is 4.73. The molecule has 22 heavy (non-hydrogen) atoms. The average molecular weight is 305 g/mol. The van der Waals surface area contributed by atoms with E-state index in [1.54, 1.807) is 5.48 Å². The molecule has 6 heteroatoms. The maximum Gasteiger partial charge on any atom is 0.243 e. The molecule has 1 saturated heterocycles. The Morgan fingerprint density at radius 1 is 1.00 bits per heavy atom. The maximum atomic E-state index is 12.1. The van der Waals surface area contributed by atoms with Crippen LogP contribution in [-0.2, 0) is 9.59 Å². The van der Waals surface area contributed by atoms with E-state index < -0.39 is 5.91 Å². The zero-order valence-corrected chi connectivity index (χ0v) is 12.7. The molecule has 1 aliphatic heterocycles. The van der Waals surface area contributed by atoms with E-state index in [1.807, 2.05) is 23.1 Å². The number of amides is 2. The number of anilines is 1. The first-order chi connectivity index (χ1) is 10.7. The number of benzene rings is 1. The fourth-order valence-corrected chi connectivity index (χ4v) is 2.63. The van der Waals surface area contributed by atoms with Crippen LogP contribution in [0.15, 0.2) is 30.3 Å². The largest absolute Gasteiger partial charge is 0.368 e. The second kappa shape index (κ2) is 8.38. The van der Waals surface area contributed by atoms with Crippen molar-refractivity contribution < 1.29 is 14.8 Å². The van der Waals surface area contributed by atoms with Crippen molar-refractivity contribution in [1.29, 1.82) is 0 Å². The molecule has 0 atom stereocenters. The Morgan fingerprint density at radius 3 is 2.27 bits per heavy atom. The Bertz CT molecular complexity index is 485. The third-order valence-corrected chi connectivity index (χ3v) is 3.92. The van der Waals surface area contributed by atoms with Crippen LogP contribution in [0.1, 0.15) is 25.7 Å². The quantitative estimate of drug-likeness (QED) is 0.473. The molecule has 2 rings (SSSR count). The number of rotatable bonds is 6. The molecule has 0 spiro atoms. The number of unbranched alkanes of at least 4 members (excludes halogenated alkanes) is 1. The third-order valence-electron chi connectivity index (χ3n) is 3.92. The van der Waals surface area contributed by atoms with Crippen LogP contribution in [0.25, 0.3) is 0 Å². The second-order valence-electron chi connectivity index (χ2n) is 5.45. The smallest absolute Gasteiger partial charge is 0.243 e. The molecule has 1 aromatic rings. The molecule has 120 valence electrons. The van der Waals surface area contributed by atoms with Gasteiger partial charge in [-0.25, -0.2) is 5.48 Å². The highest BCUT2D eigenvalue weighted by atomic mass is 16.5. The van der Waals surface area contributed by atoms with Gasteiger partial charge in [-0.15, -0.1) is 0 Å². The number of hydroxylamine groups is 1. The van der Waals surface area contributed by atoms with Gasteiger partial charge < -0.3 is 9.80 Å². The minimum Gasteiger partial charge on any atom is -0.368 e. The number of para-hydroxylation sites is 1. The van der Waals surface area contributed by atoms with E-state index in [9.17, 15) is 9.59 Å². The Balaban J connectivity index is 1.68. The van der Waals surface area contributed by atoms with Gasteiger partial charge in [0.25, 0.3) is 0 Å². The molecule has 1 aromatic carbocycles. The second-order valence-corrected chi connectivity index (χ2v) is 5.45. The summed E-state index contributed by atoms with van der Waals surface area (Å²) < 4.78 is 0. The highest BCUT2D eigenvalue weighted by Gasteiger charge is 2.20. The molecule has 0 radical (unpaired) electrons. The van der Waals surface area contributed by atoms with Gasteiger partial charge in [-0.2, -0.15) is 0 Å². The van der Waals surface area contributed by atoms with Crippen molar-refractivity contribution in [1.82, 2.24) is 10.4 Å². The van der Waals surface area contributed by atoms with Gasteiger partial charge in [-0.05, 0) is 25.0 Å². The topological polar surface area (TPSA) is 72.9 Å². The molecular weight excluding hydrogens is 282 g/mol. The maximum absolute atomic E-state index is 12.1. The molecule has 2 N–H and O–H groups in total. The van der Waals surface area contributed by atoms with Crippen LogP contribution in [-0.4, -0.2) is 48.1 Å². The van der Waals surface area contributed by atoms with Crippen LogP contribution in [0, 0.1) is 0 Å². The van der Waals surface area contributed by atoms with Crippen LogP contribution in [0.5, 0.6) is 0 Å². The first kappa shape index (κ1) is 16.3. The summed E-state index contributed by atoms with van der Waals surface area (Å²) in [6.45, 7) is 3.18. The van der Waals surface area contributed by atoms with Gasteiger partial charge in [0.2, 0.25) is 11.8 Å². The summed E-state index contributed by atoms with van der Waals surface area (Å²) in [7, 11) is 0. The zero-order valence-electron chi connectivity index (χ0n) is 12.7. The molecule has 2 amide bonds. The summed E-state index contributed by atoms with van der Waals surface area (Å²) in [5.41, 5.74) is 2.80. The monoisotopic (exact) mass is 305 g/mol. The summed E-state index contributed by atoms with van der Waals surface area (Å²) in [6, 6.07) is 10.2. The number of carbonyl (C=O) groups is 2. The van der Waals surface area contributed by atoms with E-state index in [2.05, 4.69) is 17.0 Å². The Hall–Kier alpha value is -2.08. The van der Waals surface area contributed by atoms with E-state index >= 15 is 0 Å². The normalized spacial score (nSPS) is 14.8. The molecule has 1 heterocycles. The Kier molecular flexibility index (Phi) is 6.21. The fourth-order valence-electron chi connectivity index (χ4n) is 2.63. The standard InChI is InChI=1S/C16H23N3O3/c20-15(17-22)8-4-5-9-16(21)19-12-10-18(11-13-19)14-6-2-1-3-7-14/h1-3,6-7,22H,4-5,8-13H2,(H,17,20). The van der Waals surface area contributed by atoms with Crippen molar-refractivity contribution in [2.45, 2.75) is 25.7 Å². The van der Waals surface area contributed by atoms with Gasteiger partial charge in [0.1, 0.15) is 0 Å². The number of piperazine rings is 1. The number of hydrogen-bond donors (Lipinski definition) is 2. The SMILES string of the molecule is O=C(CCCCC(=O)N1CCN(c2ccccc2)CC1)NO. The molecule has 0 aromatic heterocycles. The van der Waals surface area contributed by atoms with Gasteiger partial charge in [-0.1, -0.05) is 18.2 Å². The lowest BCUT2D eigenvalue weighted by molar-refractivity contribution is -0.132. The summed E-state index contributed by atoms with van der Waals surface area (Å²) in [4.78, 5) is 27.2. The van der Waals surface area contributed by atoms with Crippen molar-refractivity contribution in [3.05, 3.63) is 30.3 Å². The first-order valence-corrected chi connectivity index (χ1v) is 7.71. The van der Waals surface area contributed by atoms with Gasteiger partial charge in [-0.3, -0.25) is 14.8 Å². The predicted molar refractivity (Wildman–Crippen MR) is 83.6 cm³/mol. The number of hydrogen-bond acceptors (Lipinski definition) is 4. The minimum atomic E-state index is -0.399.